The van der Waals surface area contributed by atoms with Crippen LogP contribution < -0.4 is 15.4 Å². The molecule has 0 radical (unpaired) electrons. The minimum Gasteiger partial charge on any atom is -0.481 e. The first-order valence-electron chi connectivity index (χ1n) is 7.26. The van der Waals surface area contributed by atoms with E-state index in [9.17, 15) is 9.18 Å². The number of carbonyl (C=O) groups excluding carboxylic acids is 1. The van der Waals surface area contributed by atoms with Crippen molar-refractivity contribution in [3.05, 3.63) is 29.6 Å². The van der Waals surface area contributed by atoms with E-state index < -0.39 is 6.10 Å². The number of ether oxygens (including phenoxy) is 1. The molecule has 4 nitrogen and oxygen atoms in total. The van der Waals surface area contributed by atoms with E-state index >= 15 is 0 Å². The van der Waals surface area contributed by atoms with E-state index in [-0.39, 0.29) is 17.8 Å². The Bertz CT molecular complexity index is 477. The van der Waals surface area contributed by atoms with Gasteiger partial charge in [-0.1, -0.05) is 19.9 Å². The smallest absolute Gasteiger partial charge is 0.260 e. The predicted octanol–water partition coefficient (Wildman–Crippen LogP) is 2.65. The molecule has 0 aliphatic heterocycles. The van der Waals surface area contributed by atoms with Gasteiger partial charge in [0.2, 0.25) is 0 Å². The third kappa shape index (κ3) is 5.34. The summed E-state index contributed by atoms with van der Waals surface area (Å²) in [7, 11) is 1.77. The molecule has 21 heavy (non-hydrogen) atoms. The molecule has 1 aromatic rings. The van der Waals surface area contributed by atoms with E-state index in [1.807, 2.05) is 20.8 Å². The average Bonchev–Trinajstić information content (AvgIpc) is 2.43. The molecule has 1 amide bonds. The molecule has 0 aromatic heterocycles. The second-order valence-corrected chi connectivity index (χ2v) is 5.59. The number of amides is 1. The van der Waals surface area contributed by atoms with Gasteiger partial charge in [0.1, 0.15) is 11.6 Å². The lowest BCUT2D eigenvalue weighted by Gasteiger charge is -2.17. The molecule has 2 atom stereocenters. The molecule has 0 saturated carbocycles. The first kappa shape index (κ1) is 17.4. The van der Waals surface area contributed by atoms with Crippen molar-refractivity contribution < 1.29 is 13.9 Å². The predicted molar refractivity (Wildman–Crippen MR) is 81.8 cm³/mol. The summed E-state index contributed by atoms with van der Waals surface area (Å²) in [5, 5.41) is 5.77. The van der Waals surface area contributed by atoms with Crippen LogP contribution in [0.3, 0.4) is 0 Å². The van der Waals surface area contributed by atoms with E-state index in [4.69, 9.17) is 4.74 Å². The van der Waals surface area contributed by atoms with Crippen molar-refractivity contribution in [3.8, 4) is 5.75 Å². The Kier molecular flexibility index (Phi) is 6.62. The first-order valence-corrected chi connectivity index (χ1v) is 7.26. The third-order valence-corrected chi connectivity index (χ3v) is 3.24. The van der Waals surface area contributed by atoms with Gasteiger partial charge in [-0.05, 0) is 32.9 Å². The third-order valence-electron chi connectivity index (χ3n) is 3.24. The Balaban J connectivity index is 2.66. The molecule has 1 aromatic carbocycles. The average molecular weight is 296 g/mol. The zero-order chi connectivity index (χ0) is 16.0. The van der Waals surface area contributed by atoms with Gasteiger partial charge in [0.05, 0.1) is 0 Å². The van der Waals surface area contributed by atoms with Crippen molar-refractivity contribution in [2.45, 2.75) is 39.8 Å². The van der Waals surface area contributed by atoms with Crippen LogP contribution in [0.15, 0.2) is 18.2 Å². The fourth-order valence-corrected chi connectivity index (χ4v) is 1.79. The van der Waals surface area contributed by atoms with Crippen LogP contribution in [0.1, 0.15) is 39.3 Å². The fourth-order valence-electron chi connectivity index (χ4n) is 1.79. The van der Waals surface area contributed by atoms with Gasteiger partial charge in [0.25, 0.3) is 5.91 Å². The highest BCUT2D eigenvalue weighted by Crippen LogP contribution is 2.22. The number of carbonyl (C=O) groups is 1. The van der Waals surface area contributed by atoms with Gasteiger partial charge in [-0.3, -0.25) is 4.79 Å². The molecule has 0 fully saturated rings. The van der Waals surface area contributed by atoms with Crippen LogP contribution in [0.2, 0.25) is 0 Å². The molecule has 0 spiro atoms. The highest BCUT2D eigenvalue weighted by atomic mass is 19.1. The zero-order valence-corrected chi connectivity index (χ0v) is 13.4. The lowest BCUT2D eigenvalue weighted by Crippen LogP contribution is -2.38. The van der Waals surface area contributed by atoms with Gasteiger partial charge < -0.3 is 15.4 Å². The van der Waals surface area contributed by atoms with Crippen LogP contribution in [0.25, 0.3) is 0 Å². The summed E-state index contributed by atoms with van der Waals surface area (Å²) < 4.78 is 19.5. The Labute approximate surface area is 126 Å². The lowest BCUT2D eigenvalue weighted by molar-refractivity contribution is -0.127. The van der Waals surface area contributed by atoms with Crippen molar-refractivity contribution >= 4 is 5.91 Å². The maximum atomic E-state index is 14.0. The Morgan fingerprint density at radius 3 is 2.48 bits per heavy atom. The monoisotopic (exact) mass is 296 g/mol. The molecular formula is C16H25FN2O2. The van der Waals surface area contributed by atoms with E-state index in [0.717, 1.165) is 0 Å². The van der Waals surface area contributed by atoms with E-state index in [2.05, 4.69) is 10.6 Å². The maximum Gasteiger partial charge on any atom is 0.260 e. The van der Waals surface area contributed by atoms with Crippen molar-refractivity contribution in [3.63, 3.8) is 0 Å². The second-order valence-electron chi connectivity index (χ2n) is 5.59. The van der Waals surface area contributed by atoms with Crippen LogP contribution in [-0.2, 0) is 4.79 Å². The quantitative estimate of drug-likeness (QED) is 0.813. The summed E-state index contributed by atoms with van der Waals surface area (Å²) in [4.78, 5) is 11.8. The van der Waals surface area contributed by atoms with Crippen molar-refractivity contribution in [2.24, 2.45) is 5.92 Å². The molecule has 1 rings (SSSR count). The minimum absolute atomic E-state index is 0.0780. The number of nitrogens with one attached hydrogen (secondary N) is 2. The van der Waals surface area contributed by atoms with Gasteiger partial charge in [0.15, 0.2) is 6.10 Å². The van der Waals surface area contributed by atoms with Crippen LogP contribution in [-0.4, -0.2) is 25.6 Å². The molecule has 0 saturated heterocycles. The second kappa shape index (κ2) is 7.98. The maximum absolute atomic E-state index is 14.0. The molecular weight excluding hydrogens is 271 g/mol. The number of hydrogen-bond donors (Lipinski definition) is 2. The van der Waals surface area contributed by atoms with Crippen molar-refractivity contribution in [1.29, 1.82) is 0 Å². The molecule has 0 aliphatic carbocycles. The SMILES string of the molecule is CNC(C)c1ccc(OC(C)C(=O)NCC(C)C)cc1F. The highest BCUT2D eigenvalue weighted by molar-refractivity contribution is 5.80. The normalized spacial score (nSPS) is 13.9. The van der Waals surface area contributed by atoms with E-state index in [0.29, 0.717) is 23.8 Å². The van der Waals surface area contributed by atoms with Gasteiger partial charge in [-0.2, -0.15) is 0 Å². The summed E-state index contributed by atoms with van der Waals surface area (Å²) in [5.74, 6) is 0.188. The highest BCUT2D eigenvalue weighted by Gasteiger charge is 2.16. The Morgan fingerprint density at radius 1 is 1.29 bits per heavy atom. The zero-order valence-electron chi connectivity index (χ0n) is 13.4. The Morgan fingerprint density at radius 2 is 1.95 bits per heavy atom. The Hall–Kier alpha value is -1.62. The van der Waals surface area contributed by atoms with E-state index in [1.54, 1.807) is 26.1 Å². The number of benzene rings is 1. The minimum atomic E-state index is -0.657. The topological polar surface area (TPSA) is 50.4 Å². The lowest BCUT2D eigenvalue weighted by atomic mass is 10.1. The van der Waals surface area contributed by atoms with Gasteiger partial charge in [-0.25, -0.2) is 4.39 Å². The summed E-state index contributed by atoms with van der Waals surface area (Å²) in [6.07, 6.45) is -0.657. The molecule has 0 heterocycles. The summed E-state index contributed by atoms with van der Waals surface area (Å²) in [6, 6.07) is 4.59. The number of halogens is 1. The fraction of sp³-hybridized carbons (Fsp3) is 0.562. The molecule has 0 aliphatic rings. The van der Waals surface area contributed by atoms with Gasteiger partial charge in [-0.15, -0.1) is 0 Å². The molecule has 2 unspecified atom stereocenters. The van der Waals surface area contributed by atoms with Crippen molar-refractivity contribution in [2.75, 3.05) is 13.6 Å². The van der Waals surface area contributed by atoms with Crippen LogP contribution in [0.4, 0.5) is 4.39 Å². The van der Waals surface area contributed by atoms with E-state index in [1.165, 1.54) is 6.07 Å². The molecule has 2 N–H and O–H groups in total. The van der Waals surface area contributed by atoms with Crippen LogP contribution in [0.5, 0.6) is 5.75 Å². The standard InChI is InChI=1S/C16H25FN2O2/c1-10(2)9-19-16(20)12(4)21-13-6-7-14(11(3)18-5)15(17)8-13/h6-8,10-12,18H,9H2,1-5H3,(H,19,20). The summed E-state index contributed by atoms with van der Waals surface area (Å²) in [5.41, 5.74) is 0.571. The summed E-state index contributed by atoms with van der Waals surface area (Å²) in [6.45, 7) is 8.16. The summed E-state index contributed by atoms with van der Waals surface area (Å²) >= 11 is 0. The van der Waals surface area contributed by atoms with Crippen molar-refractivity contribution in [1.82, 2.24) is 10.6 Å². The molecule has 118 valence electrons. The van der Waals surface area contributed by atoms with Gasteiger partial charge in [0, 0.05) is 24.2 Å². The van der Waals surface area contributed by atoms with Gasteiger partial charge >= 0.3 is 0 Å². The first-order chi connectivity index (χ1) is 9.85. The number of rotatable bonds is 7. The molecule has 5 heteroatoms. The number of hydrogen-bond acceptors (Lipinski definition) is 3. The van der Waals surface area contributed by atoms with Crippen LogP contribution in [0, 0.1) is 11.7 Å². The molecule has 0 bridgehead atoms. The van der Waals surface area contributed by atoms with Crippen LogP contribution >= 0.6 is 0 Å². The largest absolute Gasteiger partial charge is 0.481 e.